The summed E-state index contributed by atoms with van der Waals surface area (Å²) in [6.07, 6.45) is 1.61. The van der Waals surface area contributed by atoms with Crippen LogP contribution in [0.15, 0.2) is 112 Å². The molecule has 0 aliphatic rings. The molecule has 0 spiro atoms. The van der Waals surface area contributed by atoms with Gasteiger partial charge in [0.05, 0.1) is 18.0 Å². The number of hydrogen-bond donors (Lipinski definition) is 3. The number of carbonyl (C=O) groups excluding carboxylic acids is 3. The molecular formula is C32H27BrClN3O4S. The number of carbonyl (C=O) groups is 3. The third-order valence-corrected chi connectivity index (χ3v) is 7.76. The molecule has 1 unspecified atom stereocenters. The highest BCUT2D eigenvalue weighted by molar-refractivity contribution is 9.10. The molecular weight excluding hydrogens is 638 g/mol. The van der Waals surface area contributed by atoms with Crippen molar-refractivity contribution < 1.29 is 19.1 Å². The van der Waals surface area contributed by atoms with Crippen LogP contribution in [0.4, 0.5) is 11.4 Å². The van der Waals surface area contributed by atoms with Crippen LogP contribution in [0.2, 0.25) is 5.02 Å². The number of anilines is 2. The third kappa shape index (κ3) is 8.72. The van der Waals surface area contributed by atoms with Crippen LogP contribution in [0, 0.1) is 0 Å². The number of nitrogens with one attached hydrogen (secondary N) is 3. The molecule has 3 amide bonds. The highest BCUT2D eigenvalue weighted by Crippen LogP contribution is 2.30. The van der Waals surface area contributed by atoms with Crippen LogP contribution in [-0.4, -0.2) is 30.1 Å². The maximum atomic E-state index is 13.4. The van der Waals surface area contributed by atoms with E-state index in [4.69, 9.17) is 16.3 Å². The lowest BCUT2D eigenvalue weighted by atomic mass is 10.1. The number of amides is 3. The van der Waals surface area contributed by atoms with Gasteiger partial charge in [0.25, 0.3) is 11.8 Å². The Balaban J connectivity index is 1.48. The molecule has 0 aliphatic carbocycles. The van der Waals surface area contributed by atoms with Gasteiger partial charge in [-0.2, -0.15) is 0 Å². The van der Waals surface area contributed by atoms with Gasteiger partial charge < -0.3 is 20.7 Å². The van der Waals surface area contributed by atoms with E-state index >= 15 is 0 Å². The SMILES string of the molecule is COc1ccc(Cl)cc1NC(=O)C(C)Sc1cccc(NC(=O)/C(=C\c2ccc(Br)cc2)NC(=O)c2ccccc2)c1. The van der Waals surface area contributed by atoms with Crippen LogP contribution in [0.3, 0.4) is 0 Å². The van der Waals surface area contributed by atoms with E-state index < -0.39 is 17.1 Å². The van der Waals surface area contributed by atoms with E-state index in [2.05, 4.69) is 31.9 Å². The Morgan fingerprint density at radius 1 is 0.905 bits per heavy atom. The number of hydrogen-bond acceptors (Lipinski definition) is 5. The third-order valence-electron chi connectivity index (χ3n) is 5.90. The van der Waals surface area contributed by atoms with E-state index in [1.54, 1.807) is 73.7 Å². The van der Waals surface area contributed by atoms with Gasteiger partial charge in [-0.3, -0.25) is 14.4 Å². The summed E-state index contributed by atoms with van der Waals surface area (Å²) >= 11 is 10.8. The van der Waals surface area contributed by atoms with Crippen LogP contribution in [0.5, 0.6) is 5.75 Å². The summed E-state index contributed by atoms with van der Waals surface area (Å²) in [7, 11) is 1.52. The molecule has 4 aromatic rings. The maximum Gasteiger partial charge on any atom is 0.272 e. The lowest BCUT2D eigenvalue weighted by molar-refractivity contribution is -0.115. The minimum atomic E-state index is -0.497. The van der Waals surface area contributed by atoms with E-state index in [-0.39, 0.29) is 11.6 Å². The minimum Gasteiger partial charge on any atom is -0.495 e. The molecule has 0 heterocycles. The molecule has 0 saturated heterocycles. The highest BCUT2D eigenvalue weighted by Gasteiger charge is 2.18. The first kappa shape index (κ1) is 30.9. The van der Waals surface area contributed by atoms with Gasteiger partial charge in [0, 0.05) is 25.6 Å². The van der Waals surface area contributed by atoms with Crippen molar-refractivity contribution in [3.63, 3.8) is 0 Å². The van der Waals surface area contributed by atoms with Crippen molar-refractivity contribution in [2.75, 3.05) is 17.7 Å². The molecule has 42 heavy (non-hydrogen) atoms. The first-order chi connectivity index (χ1) is 20.2. The molecule has 0 radical (unpaired) electrons. The summed E-state index contributed by atoms with van der Waals surface area (Å²) in [6.45, 7) is 1.78. The van der Waals surface area contributed by atoms with Crippen molar-refractivity contribution >= 4 is 74.5 Å². The molecule has 0 saturated carbocycles. The second kappa shape index (κ2) is 14.7. The molecule has 0 bridgehead atoms. The molecule has 10 heteroatoms. The lowest BCUT2D eigenvalue weighted by Gasteiger charge is -2.15. The van der Waals surface area contributed by atoms with Crippen LogP contribution >= 0.6 is 39.3 Å². The number of benzene rings is 4. The topological polar surface area (TPSA) is 96.5 Å². The molecule has 7 nitrogen and oxygen atoms in total. The highest BCUT2D eigenvalue weighted by atomic mass is 79.9. The Hall–Kier alpha value is -4.05. The van der Waals surface area contributed by atoms with Crippen molar-refractivity contribution in [3.8, 4) is 5.75 Å². The van der Waals surface area contributed by atoms with Crippen molar-refractivity contribution in [2.24, 2.45) is 0 Å². The van der Waals surface area contributed by atoms with Crippen molar-refractivity contribution in [1.29, 1.82) is 0 Å². The quantitative estimate of drug-likeness (QED) is 0.120. The first-order valence-electron chi connectivity index (χ1n) is 12.8. The Kier molecular flexibility index (Phi) is 10.8. The van der Waals surface area contributed by atoms with E-state index in [1.165, 1.54) is 18.9 Å². The molecule has 0 fully saturated rings. The second-order valence-corrected chi connectivity index (χ2v) is 11.8. The van der Waals surface area contributed by atoms with Gasteiger partial charge in [-0.1, -0.05) is 63.9 Å². The fraction of sp³-hybridized carbons (Fsp3) is 0.0938. The molecule has 4 aromatic carbocycles. The van der Waals surface area contributed by atoms with E-state index in [9.17, 15) is 14.4 Å². The molecule has 214 valence electrons. The monoisotopic (exact) mass is 663 g/mol. The van der Waals surface area contributed by atoms with Gasteiger partial charge in [-0.15, -0.1) is 11.8 Å². The molecule has 1 atom stereocenters. The van der Waals surface area contributed by atoms with Gasteiger partial charge in [-0.25, -0.2) is 0 Å². The van der Waals surface area contributed by atoms with Gasteiger partial charge in [0.15, 0.2) is 0 Å². The largest absolute Gasteiger partial charge is 0.495 e. The number of methoxy groups -OCH3 is 1. The lowest BCUT2D eigenvalue weighted by Crippen LogP contribution is -2.30. The van der Waals surface area contributed by atoms with E-state index in [0.29, 0.717) is 27.7 Å². The number of ether oxygens (including phenoxy) is 1. The smallest absolute Gasteiger partial charge is 0.272 e. The van der Waals surface area contributed by atoms with Gasteiger partial charge in [0.1, 0.15) is 11.4 Å². The fourth-order valence-corrected chi connectivity index (χ4v) is 5.15. The summed E-state index contributed by atoms with van der Waals surface area (Å²) < 4.78 is 6.20. The molecule has 4 rings (SSSR count). The number of thioether (sulfide) groups is 1. The maximum absolute atomic E-state index is 13.4. The molecule has 0 aliphatic heterocycles. The summed E-state index contributed by atoms with van der Waals surface area (Å²) in [6, 6.07) is 28.1. The van der Waals surface area contributed by atoms with Gasteiger partial charge in [0.2, 0.25) is 5.91 Å². The predicted octanol–water partition coefficient (Wildman–Crippen LogP) is 7.64. The molecule has 0 aromatic heterocycles. The first-order valence-corrected chi connectivity index (χ1v) is 14.8. The zero-order valence-electron chi connectivity index (χ0n) is 22.7. The van der Waals surface area contributed by atoms with E-state index in [0.717, 1.165) is 14.9 Å². The summed E-state index contributed by atoms with van der Waals surface area (Å²) in [5.41, 5.74) is 2.22. The van der Waals surface area contributed by atoms with Crippen LogP contribution in [0.25, 0.3) is 6.08 Å². The normalized spacial score (nSPS) is 11.8. The zero-order chi connectivity index (χ0) is 30.1. The Morgan fingerprint density at radius 3 is 2.36 bits per heavy atom. The minimum absolute atomic E-state index is 0.0763. The standard InChI is InChI=1S/C32H27BrClN3O4S/c1-20(30(38)36-27-18-24(34)15-16-29(27)41-2)42-26-10-6-9-25(19-26)35-32(40)28(17-21-11-13-23(33)14-12-21)37-31(39)22-7-4-3-5-8-22/h3-20H,1-2H3,(H,35,40)(H,36,38)(H,37,39)/b28-17+. The number of rotatable bonds is 10. The van der Waals surface area contributed by atoms with Crippen molar-refractivity contribution in [2.45, 2.75) is 17.1 Å². The Labute approximate surface area is 261 Å². The number of halogens is 2. The average molecular weight is 665 g/mol. The predicted molar refractivity (Wildman–Crippen MR) is 173 cm³/mol. The van der Waals surface area contributed by atoms with Crippen molar-refractivity contribution in [1.82, 2.24) is 5.32 Å². The van der Waals surface area contributed by atoms with Crippen LogP contribution in [0.1, 0.15) is 22.8 Å². The van der Waals surface area contributed by atoms with Crippen LogP contribution < -0.4 is 20.7 Å². The van der Waals surface area contributed by atoms with E-state index in [1.807, 2.05) is 36.4 Å². The van der Waals surface area contributed by atoms with Crippen LogP contribution in [-0.2, 0) is 9.59 Å². The summed E-state index contributed by atoms with van der Waals surface area (Å²) in [4.78, 5) is 40.0. The molecule has 3 N–H and O–H groups in total. The van der Waals surface area contributed by atoms with Crippen molar-refractivity contribution in [3.05, 3.63) is 123 Å². The zero-order valence-corrected chi connectivity index (χ0v) is 25.8. The Morgan fingerprint density at radius 2 is 1.64 bits per heavy atom. The van der Waals surface area contributed by atoms with Gasteiger partial charge in [-0.05, 0) is 79.2 Å². The van der Waals surface area contributed by atoms with Gasteiger partial charge >= 0.3 is 0 Å². The average Bonchev–Trinajstić information content (AvgIpc) is 2.98. The second-order valence-electron chi connectivity index (χ2n) is 9.01. The summed E-state index contributed by atoms with van der Waals surface area (Å²) in [5.74, 6) is -0.642. The Bertz CT molecular complexity index is 1610. The summed E-state index contributed by atoms with van der Waals surface area (Å²) in [5, 5.41) is 8.45. The fourth-order valence-electron chi connectivity index (χ4n) is 3.78.